The first-order chi connectivity index (χ1) is 15.2. The molecule has 5 rings (SSSR count). The lowest BCUT2D eigenvalue weighted by atomic mass is 9.89. The van der Waals surface area contributed by atoms with Crippen LogP contribution in [0.4, 0.5) is 5.82 Å². The summed E-state index contributed by atoms with van der Waals surface area (Å²) in [5, 5.41) is 0. The maximum absolute atomic E-state index is 13.9. The number of hydrogen-bond donors (Lipinski definition) is 0. The number of carbonyl (C=O) groups is 1. The summed E-state index contributed by atoms with van der Waals surface area (Å²) in [4.78, 5) is 27.8. The van der Waals surface area contributed by atoms with Crippen LogP contribution in [0.5, 0.6) is 0 Å². The van der Waals surface area contributed by atoms with Crippen molar-refractivity contribution in [2.24, 2.45) is 0 Å². The molecule has 5 nitrogen and oxygen atoms in total. The second kappa shape index (κ2) is 8.50. The molecule has 0 aliphatic carbocycles. The largest absolute Gasteiger partial charge is 0.356 e. The Morgan fingerprint density at radius 1 is 0.871 bits per heavy atom. The minimum Gasteiger partial charge on any atom is -0.356 e. The van der Waals surface area contributed by atoms with Crippen LogP contribution < -0.4 is 4.90 Å². The maximum Gasteiger partial charge on any atom is 0.234 e. The number of benzene rings is 2. The lowest BCUT2D eigenvalue weighted by Crippen LogP contribution is -2.40. The smallest absolute Gasteiger partial charge is 0.234 e. The molecule has 2 aliphatic heterocycles. The number of aromatic nitrogens is 2. The average Bonchev–Trinajstić information content (AvgIpc) is 3.35. The van der Waals surface area contributed by atoms with Gasteiger partial charge in [0, 0.05) is 31.6 Å². The van der Waals surface area contributed by atoms with Crippen LogP contribution in [-0.4, -0.2) is 40.4 Å². The van der Waals surface area contributed by atoms with Gasteiger partial charge in [-0.3, -0.25) is 4.79 Å². The highest BCUT2D eigenvalue weighted by molar-refractivity contribution is 5.87. The Balaban J connectivity index is 1.49. The standard InChI is InChI=1S/C26H28N4O/c1-19-27-23-14-17-30(18-22(23)25(28-19)29-15-8-9-16-29)26(31)24(20-10-4-2-5-11-20)21-12-6-3-7-13-21/h2-7,10-13,24H,8-9,14-18H2,1H3. The van der Waals surface area contributed by atoms with Crippen LogP contribution in [0.1, 0.15) is 47.0 Å². The van der Waals surface area contributed by atoms with E-state index in [9.17, 15) is 4.79 Å². The fourth-order valence-electron chi connectivity index (χ4n) is 4.85. The Kier molecular flexibility index (Phi) is 5.41. The number of amides is 1. The summed E-state index contributed by atoms with van der Waals surface area (Å²) in [5.74, 6) is 1.71. The lowest BCUT2D eigenvalue weighted by Gasteiger charge is -2.34. The van der Waals surface area contributed by atoms with Crippen molar-refractivity contribution in [1.29, 1.82) is 0 Å². The van der Waals surface area contributed by atoms with E-state index >= 15 is 0 Å². The predicted molar refractivity (Wildman–Crippen MR) is 122 cm³/mol. The van der Waals surface area contributed by atoms with Gasteiger partial charge in [-0.05, 0) is 30.9 Å². The zero-order chi connectivity index (χ0) is 21.2. The molecule has 5 heteroatoms. The molecule has 0 N–H and O–H groups in total. The Labute approximate surface area is 183 Å². The van der Waals surface area contributed by atoms with Gasteiger partial charge >= 0.3 is 0 Å². The molecule has 1 aromatic heterocycles. The summed E-state index contributed by atoms with van der Waals surface area (Å²) in [6.07, 6.45) is 3.18. The second-order valence-electron chi connectivity index (χ2n) is 8.48. The maximum atomic E-state index is 13.9. The molecular weight excluding hydrogens is 384 g/mol. The molecule has 3 heterocycles. The number of hydrogen-bond acceptors (Lipinski definition) is 4. The normalized spacial score (nSPS) is 15.9. The van der Waals surface area contributed by atoms with E-state index in [1.807, 2.05) is 48.2 Å². The van der Waals surface area contributed by atoms with E-state index in [0.717, 1.165) is 53.5 Å². The van der Waals surface area contributed by atoms with Gasteiger partial charge in [-0.15, -0.1) is 0 Å². The highest BCUT2D eigenvalue weighted by atomic mass is 16.2. The summed E-state index contributed by atoms with van der Waals surface area (Å²) in [7, 11) is 0. The van der Waals surface area contributed by atoms with Crippen LogP contribution in [0.25, 0.3) is 0 Å². The van der Waals surface area contributed by atoms with Gasteiger partial charge in [-0.1, -0.05) is 60.7 Å². The van der Waals surface area contributed by atoms with Crippen LogP contribution >= 0.6 is 0 Å². The molecule has 158 valence electrons. The van der Waals surface area contributed by atoms with Gasteiger partial charge in [0.2, 0.25) is 5.91 Å². The van der Waals surface area contributed by atoms with Gasteiger partial charge < -0.3 is 9.80 Å². The molecule has 0 atom stereocenters. The monoisotopic (exact) mass is 412 g/mol. The molecule has 0 radical (unpaired) electrons. The highest BCUT2D eigenvalue weighted by Crippen LogP contribution is 2.32. The first kappa shape index (κ1) is 19.7. The zero-order valence-electron chi connectivity index (χ0n) is 18.0. The average molecular weight is 413 g/mol. The zero-order valence-corrected chi connectivity index (χ0v) is 18.0. The third-order valence-corrected chi connectivity index (χ3v) is 6.38. The minimum atomic E-state index is -0.300. The Morgan fingerprint density at radius 2 is 1.48 bits per heavy atom. The van der Waals surface area contributed by atoms with Crippen LogP contribution in [-0.2, 0) is 17.8 Å². The van der Waals surface area contributed by atoms with Gasteiger partial charge in [-0.2, -0.15) is 0 Å². The molecule has 0 saturated carbocycles. The van der Waals surface area contributed by atoms with Crippen molar-refractivity contribution >= 4 is 11.7 Å². The summed E-state index contributed by atoms with van der Waals surface area (Å²) >= 11 is 0. The van der Waals surface area contributed by atoms with Crippen LogP contribution in [0.15, 0.2) is 60.7 Å². The third kappa shape index (κ3) is 3.92. The first-order valence-corrected chi connectivity index (χ1v) is 11.2. The molecule has 0 unspecified atom stereocenters. The molecule has 2 aliphatic rings. The number of rotatable bonds is 4. The van der Waals surface area contributed by atoms with Crippen LogP contribution in [0, 0.1) is 6.92 Å². The van der Waals surface area contributed by atoms with E-state index in [0.29, 0.717) is 13.1 Å². The molecular formula is C26H28N4O. The van der Waals surface area contributed by atoms with Crippen molar-refractivity contribution < 1.29 is 4.79 Å². The van der Waals surface area contributed by atoms with Crippen LogP contribution in [0.3, 0.4) is 0 Å². The predicted octanol–water partition coefficient (Wildman–Crippen LogP) is 4.10. The summed E-state index contributed by atoms with van der Waals surface area (Å²) in [6, 6.07) is 20.2. The van der Waals surface area contributed by atoms with Crippen LogP contribution in [0.2, 0.25) is 0 Å². The molecule has 3 aromatic rings. The number of aryl methyl sites for hydroxylation is 1. The van der Waals surface area contributed by atoms with E-state index in [-0.39, 0.29) is 11.8 Å². The Morgan fingerprint density at radius 3 is 2.10 bits per heavy atom. The van der Waals surface area contributed by atoms with Crippen molar-refractivity contribution in [1.82, 2.24) is 14.9 Å². The van der Waals surface area contributed by atoms with Crippen molar-refractivity contribution in [3.8, 4) is 0 Å². The molecule has 1 fully saturated rings. The van der Waals surface area contributed by atoms with Gasteiger partial charge in [-0.25, -0.2) is 9.97 Å². The fraction of sp³-hybridized carbons (Fsp3) is 0.346. The number of carbonyl (C=O) groups excluding carboxylic acids is 1. The summed E-state index contributed by atoms with van der Waals surface area (Å²) < 4.78 is 0. The highest BCUT2D eigenvalue weighted by Gasteiger charge is 2.32. The van der Waals surface area contributed by atoms with E-state index < -0.39 is 0 Å². The van der Waals surface area contributed by atoms with Gasteiger partial charge in [0.05, 0.1) is 18.2 Å². The van der Waals surface area contributed by atoms with Crippen molar-refractivity contribution in [3.63, 3.8) is 0 Å². The fourth-order valence-corrected chi connectivity index (χ4v) is 4.85. The van der Waals surface area contributed by atoms with E-state index in [1.165, 1.54) is 12.8 Å². The minimum absolute atomic E-state index is 0.149. The van der Waals surface area contributed by atoms with Gasteiger partial charge in [0.25, 0.3) is 0 Å². The Hall–Kier alpha value is -3.21. The molecule has 31 heavy (non-hydrogen) atoms. The van der Waals surface area contributed by atoms with E-state index in [1.54, 1.807) is 0 Å². The number of nitrogens with zero attached hydrogens (tertiary/aromatic N) is 4. The Bertz CT molecular complexity index is 1020. The topological polar surface area (TPSA) is 49.3 Å². The van der Waals surface area contributed by atoms with Crippen molar-refractivity contribution in [3.05, 3.63) is 88.9 Å². The van der Waals surface area contributed by atoms with E-state index in [2.05, 4.69) is 29.2 Å². The summed E-state index contributed by atoms with van der Waals surface area (Å²) in [5.41, 5.74) is 4.30. The third-order valence-electron chi connectivity index (χ3n) is 6.38. The molecule has 1 amide bonds. The van der Waals surface area contributed by atoms with Crippen molar-refractivity contribution in [2.45, 2.75) is 38.6 Å². The quantitative estimate of drug-likeness (QED) is 0.647. The molecule has 1 saturated heterocycles. The number of anilines is 1. The van der Waals surface area contributed by atoms with Crippen molar-refractivity contribution in [2.75, 3.05) is 24.5 Å². The molecule has 2 aromatic carbocycles. The first-order valence-electron chi connectivity index (χ1n) is 11.2. The van der Waals surface area contributed by atoms with E-state index in [4.69, 9.17) is 9.97 Å². The molecule has 0 spiro atoms. The summed E-state index contributed by atoms with van der Waals surface area (Å²) in [6.45, 7) is 5.31. The number of fused-ring (bicyclic) bond motifs is 1. The molecule has 0 bridgehead atoms. The SMILES string of the molecule is Cc1nc2c(c(N3CCCC3)n1)CN(C(=O)C(c1ccccc1)c1ccccc1)CC2. The lowest BCUT2D eigenvalue weighted by molar-refractivity contribution is -0.132. The second-order valence-corrected chi connectivity index (χ2v) is 8.48. The van der Waals surface area contributed by atoms with Gasteiger partial charge in [0.15, 0.2) is 0 Å². The van der Waals surface area contributed by atoms with Gasteiger partial charge in [0.1, 0.15) is 11.6 Å².